The van der Waals surface area contributed by atoms with Crippen LogP contribution in [0.3, 0.4) is 0 Å². The van der Waals surface area contributed by atoms with Crippen LogP contribution < -0.4 is 5.73 Å². The minimum absolute atomic E-state index is 0.0173. The lowest BCUT2D eigenvalue weighted by molar-refractivity contribution is -0.131. The fraction of sp³-hybridized carbons (Fsp3) is 0.308. The van der Waals surface area contributed by atoms with Gasteiger partial charge in [0.15, 0.2) is 0 Å². The summed E-state index contributed by atoms with van der Waals surface area (Å²) in [5.74, 6) is 5.78. The maximum absolute atomic E-state index is 12.0. The Morgan fingerprint density at radius 1 is 1.60 bits per heavy atom. The summed E-state index contributed by atoms with van der Waals surface area (Å²) < 4.78 is 1.50. The zero-order valence-corrected chi connectivity index (χ0v) is 11.9. The number of nitrogens with zero attached hydrogens (tertiary/aromatic N) is 4. The average molecular weight is 289 g/mol. The molecule has 2 aromatic heterocycles. The van der Waals surface area contributed by atoms with Crippen LogP contribution in [0.25, 0.3) is 0 Å². The molecule has 0 aromatic carbocycles. The van der Waals surface area contributed by atoms with Gasteiger partial charge in [0.1, 0.15) is 6.54 Å². The molecule has 0 radical (unpaired) electrons. The second kappa shape index (κ2) is 6.84. The third-order valence-corrected chi connectivity index (χ3v) is 3.48. The highest BCUT2D eigenvalue weighted by Crippen LogP contribution is 2.15. The lowest BCUT2D eigenvalue weighted by Crippen LogP contribution is -2.29. The molecule has 0 aliphatic heterocycles. The summed E-state index contributed by atoms with van der Waals surface area (Å²) in [6, 6.07) is 1.98. The van der Waals surface area contributed by atoms with Crippen LogP contribution in [-0.2, 0) is 17.9 Å². The molecular weight excluding hydrogens is 274 g/mol. The zero-order valence-electron chi connectivity index (χ0n) is 11.1. The minimum Gasteiger partial charge on any atom is -0.340 e. The molecule has 0 fully saturated rings. The first-order valence-corrected chi connectivity index (χ1v) is 6.91. The summed E-state index contributed by atoms with van der Waals surface area (Å²) >= 11 is 1.55. The van der Waals surface area contributed by atoms with Crippen LogP contribution in [0.15, 0.2) is 23.8 Å². The van der Waals surface area contributed by atoms with Gasteiger partial charge in [-0.05, 0) is 17.0 Å². The Morgan fingerprint density at radius 3 is 3.15 bits per heavy atom. The number of likely N-dealkylation sites (N-methyl/N-ethyl adjacent to an activating group) is 1. The monoisotopic (exact) mass is 289 g/mol. The van der Waals surface area contributed by atoms with Crippen molar-refractivity contribution in [2.45, 2.75) is 13.1 Å². The summed E-state index contributed by atoms with van der Waals surface area (Å²) in [5, 5.41) is 9.44. The van der Waals surface area contributed by atoms with E-state index in [4.69, 9.17) is 5.73 Å². The SMILES string of the molecule is CN(Cc1csc(C#CCN)c1)C(=O)Cn1ccnn1. The third-order valence-electron chi connectivity index (χ3n) is 2.58. The molecule has 0 aliphatic carbocycles. The van der Waals surface area contributed by atoms with Gasteiger partial charge in [0.2, 0.25) is 5.91 Å². The minimum atomic E-state index is -0.0173. The first kappa shape index (κ1) is 14.2. The maximum Gasteiger partial charge on any atom is 0.244 e. The average Bonchev–Trinajstić information content (AvgIpc) is 3.08. The molecule has 0 aliphatic rings. The van der Waals surface area contributed by atoms with Crippen LogP contribution in [-0.4, -0.2) is 39.4 Å². The van der Waals surface area contributed by atoms with Crippen LogP contribution in [0.4, 0.5) is 0 Å². The normalized spacial score (nSPS) is 9.90. The van der Waals surface area contributed by atoms with E-state index in [1.54, 1.807) is 35.7 Å². The largest absolute Gasteiger partial charge is 0.340 e. The first-order valence-electron chi connectivity index (χ1n) is 6.03. The van der Waals surface area contributed by atoms with Crippen LogP contribution in [0.5, 0.6) is 0 Å². The standard InChI is InChI=1S/C13H15N5OS/c1-17(13(19)9-18-6-5-15-16-18)8-11-7-12(20-10-11)3-2-4-14/h5-7,10H,4,8-9,14H2,1H3. The molecule has 0 saturated carbocycles. The van der Waals surface area contributed by atoms with Crippen LogP contribution in [0.2, 0.25) is 0 Å². The fourth-order valence-electron chi connectivity index (χ4n) is 1.60. The van der Waals surface area contributed by atoms with Gasteiger partial charge in [-0.15, -0.1) is 16.4 Å². The van der Waals surface area contributed by atoms with Crippen LogP contribution in [0.1, 0.15) is 10.4 Å². The highest BCUT2D eigenvalue weighted by molar-refractivity contribution is 7.10. The fourth-order valence-corrected chi connectivity index (χ4v) is 2.37. The van der Waals surface area contributed by atoms with Crippen molar-refractivity contribution >= 4 is 17.2 Å². The van der Waals surface area contributed by atoms with Crippen LogP contribution in [0, 0.1) is 11.8 Å². The van der Waals surface area contributed by atoms with Gasteiger partial charge in [-0.25, -0.2) is 4.68 Å². The molecule has 0 atom stereocenters. The molecule has 20 heavy (non-hydrogen) atoms. The molecule has 2 heterocycles. The van der Waals surface area contributed by atoms with Crippen molar-refractivity contribution in [1.29, 1.82) is 0 Å². The molecule has 104 valence electrons. The van der Waals surface area contributed by atoms with E-state index in [0.29, 0.717) is 13.1 Å². The van der Waals surface area contributed by atoms with Gasteiger partial charge in [-0.1, -0.05) is 17.1 Å². The van der Waals surface area contributed by atoms with Gasteiger partial charge in [0.25, 0.3) is 0 Å². The Balaban J connectivity index is 1.92. The van der Waals surface area contributed by atoms with Crippen molar-refractivity contribution in [3.8, 4) is 11.8 Å². The van der Waals surface area contributed by atoms with Crippen molar-refractivity contribution in [3.63, 3.8) is 0 Å². The van der Waals surface area contributed by atoms with E-state index in [1.165, 1.54) is 4.68 Å². The number of aromatic nitrogens is 3. The molecule has 2 N–H and O–H groups in total. The Labute approximate surface area is 121 Å². The summed E-state index contributed by atoms with van der Waals surface area (Å²) in [6.45, 7) is 1.10. The first-order chi connectivity index (χ1) is 9.69. The van der Waals surface area contributed by atoms with Crippen molar-refractivity contribution in [2.24, 2.45) is 5.73 Å². The number of carbonyl (C=O) groups is 1. The lowest BCUT2D eigenvalue weighted by atomic mass is 10.3. The molecule has 2 rings (SSSR count). The Kier molecular flexibility index (Phi) is 4.87. The number of carbonyl (C=O) groups excluding carboxylic acids is 1. The van der Waals surface area contributed by atoms with Gasteiger partial charge in [-0.2, -0.15) is 0 Å². The second-order valence-electron chi connectivity index (χ2n) is 4.18. The van der Waals surface area contributed by atoms with E-state index in [0.717, 1.165) is 10.4 Å². The highest BCUT2D eigenvalue weighted by atomic mass is 32.1. The van der Waals surface area contributed by atoms with Crippen molar-refractivity contribution in [2.75, 3.05) is 13.6 Å². The van der Waals surface area contributed by atoms with Gasteiger partial charge < -0.3 is 10.6 Å². The number of nitrogens with two attached hydrogens (primary N) is 1. The van der Waals surface area contributed by atoms with Gasteiger partial charge in [0, 0.05) is 19.8 Å². The molecule has 0 saturated heterocycles. The molecular formula is C13H15N5OS. The summed E-state index contributed by atoms with van der Waals surface area (Å²) in [6.07, 6.45) is 3.21. The van der Waals surface area contributed by atoms with Crippen LogP contribution >= 0.6 is 11.3 Å². The lowest BCUT2D eigenvalue weighted by Gasteiger charge is -2.16. The molecule has 2 aromatic rings. The molecule has 0 spiro atoms. The molecule has 1 amide bonds. The summed E-state index contributed by atoms with van der Waals surface area (Å²) in [7, 11) is 1.77. The van der Waals surface area contributed by atoms with Gasteiger partial charge in [0.05, 0.1) is 17.6 Å². The number of hydrogen-bond donors (Lipinski definition) is 1. The smallest absolute Gasteiger partial charge is 0.244 e. The third kappa shape index (κ3) is 3.91. The highest BCUT2D eigenvalue weighted by Gasteiger charge is 2.11. The number of hydrogen-bond acceptors (Lipinski definition) is 5. The van der Waals surface area contributed by atoms with E-state index >= 15 is 0 Å². The molecule has 0 unspecified atom stereocenters. The van der Waals surface area contributed by atoms with Gasteiger partial charge >= 0.3 is 0 Å². The Morgan fingerprint density at radius 2 is 2.45 bits per heavy atom. The second-order valence-corrected chi connectivity index (χ2v) is 5.09. The van der Waals surface area contributed by atoms with E-state index in [-0.39, 0.29) is 12.5 Å². The summed E-state index contributed by atoms with van der Waals surface area (Å²) in [4.78, 5) is 14.6. The van der Waals surface area contributed by atoms with Gasteiger partial charge in [-0.3, -0.25) is 4.79 Å². The van der Waals surface area contributed by atoms with Crippen molar-refractivity contribution in [3.05, 3.63) is 34.3 Å². The Bertz CT molecular complexity index is 623. The van der Waals surface area contributed by atoms with E-state index in [9.17, 15) is 4.79 Å². The van der Waals surface area contributed by atoms with E-state index in [2.05, 4.69) is 22.2 Å². The zero-order chi connectivity index (χ0) is 14.4. The molecule has 0 bridgehead atoms. The predicted molar refractivity (Wildman–Crippen MR) is 76.7 cm³/mol. The van der Waals surface area contributed by atoms with E-state index < -0.39 is 0 Å². The maximum atomic E-state index is 12.0. The number of rotatable bonds is 4. The predicted octanol–water partition coefficient (Wildman–Crippen LogP) is 0.308. The quantitative estimate of drug-likeness (QED) is 0.822. The van der Waals surface area contributed by atoms with E-state index in [1.807, 2.05) is 11.4 Å². The molecule has 7 heteroatoms. The number of thiophene rings is 1. The van der Waals surface area contributed by atoms with Crippen molar-refractivity contribution in [1.82, 2.24) is 19.9 Å². The Hall–Kier alpha value is -2.17. The molecule has 6 nitrogen and oxygen atoms in total. The van der Waals surface area contributed by atoms with Crippen molar-refractivity contribution < 1.29 is 4.79 Å². The number of amides is 1. The summed E-state index contributed by atoms with van der Waals surface area (Å²) in [5.41, 5.74) is 6.39. The topological polar surface area (TPSA) is 77.0 Å².